The van der Waals surface area contributed by atoms with Gasteiger partial charge in [-0.2, -0.15) is 0 Å². The first-order chi connectivity index (χ1) is 12.6. The van der Waals surface area contributed by atoms with Gasteiger partial charge in [-0.1, -0.05) is 40.2 Å². The minimum Gasteiger partial charge on any atom is -0.360 e. The van der Waals surface area contributed by atoms with E-state index in [1.807, 2.05) is 53.4 Å². The number of piperazine rings is 1. The van der Waals surface area contributed by atoms with Gasteiger partial charge in [-0.25, -0.2) is 0 Å². The first-order valence-electron chi connectivity index (χ1n) is 8.42. The van der Waals surface area contributed by atoms with Gasteiger partial charge in [-0.15, -0.1) is 0 Å². The Morgan fingerprint density at radius 2 is 2.04 bits per heavy atom. The van der Waals surface area contributed by atoms with Crippen molar-refractivity contribution in [3.05, 3.63) is 70.2 Å². The molecule has 2 aromatic rings. The molecule has 0 aliphatic carbocycles. The number of hydrogen-bond donors (Lipinski definition) is 2. The Balaban J connectivity index is 1.51. The molecule has 2 amide bonds. The van der Waals surface area contributed by atoms with Crippen molar-refractivity contribution >= 4 is 39.5 Å². The van der Waals surface area contributed by atoms with Crippen LogP contribution in [0.2, 0.25) is 0 Å². The van der Waals surface area contributed by atoms with Crippen LogP contribution in [0.3, 0.4) is 0 Å². The first kappa shape index (κ1) is 18.2. The molecule has 2 aromatic carbocycles. The Bertz CT molecular complexity index is 818. The summed E-state index contributed by atoms with van der Waals surface area (Å²) in [6, 6.07) is 15.7. The molecule has 0 unspecified atom stereocenters. The van der Waals surface area contributed by atoms with Gasteiger partial charge in [0.1, 0.15) is 0 Å². The molecule has 1 fully saturated rings. The van der Waals surface area contributed by atoms with Gasteiger partial charge in [0.2, 0.25) is 11.8 Å². The molecular weight excluding hydrogens is 394 g/mol. The van der Waals surface area contributed by atoms with E-state index in [2.05, 4.69) is 26.6 Å². The summed E-state index contributed by atoms with van der Waals surface area (Å²) in [5.74, 6) is -0.0911. The topological polar surface area (TPSA) is 61.4 Å². The molecule has 2 N–H and O–H groups in total. The van der Waals surface area contributed by atoms with Gasteiger partial charge < -0.3 is 15.5 Å². The van der Waals surface area contributed by atoms with Crippen LogP contribution in [0.25, 0.3) is 6.08 Å². The molecule has 0 aromatic heterocycles. The highest BCUT2D eigenvalue weighted by molar-refractivity contribution is 9.10. The molecule has 0 bridgehead atoms. The van der Waals surface area contributed by atoms with E-state index in [9.17, 15) is 9.59 Å². The van der Waals surface area contributed by atoms with Gasteiger partial charge in [0.25, 0.3) is 0 Å². The lowest BCUT2D eigenvalue weighted by atomic mass is 10.1. The molecule has 0 saturated carbocycles. The molecule has 0 spiro atoms. The van der Waals surface area contributed by atoms with Gasteiger partial charge in [0.15, 0.2) is 0 Å². The van der Waals surface area contributed by atoms with Crippen LogP contribution in [-0.2, 0) is 16.1 Å². The number of rotatable bonds is 5. The first-order valence-corrected chi connectivity index (χ1v) is 9.21. The van der Waals surface area contributed by atoms with E-state index in [1.54, 1.807) is 6.08 Å². The van der Waals surface area contributed by atoms with Crippen LogP contribution < -0.4 is 15.5 Å². The second-order valence-electron chi connectivity index (χ2n) is 6.04. The van der Waals surface area contributed by atoms with Gasteiger partial charge in [-0.3, -0.25) is 9.59 Å². The van der Waals surface area contributed by atoms with Gasteiger partial charge in [-0.05, 0) is 41.5 Å². The maximum atomic E-state index is 12.0. The smallest absolute Gasteiger partial charge is 0.244 e. The number of carbonyl (C=O) groups excluding carboxylic acids is 2. The second kappa shape index (κ2) is 8.67. The molecule has 26 heavy (non-hydrogen) atoms. The Labute approximate surface area is 161 Å². The highest BCUT2D eigenvalue weighted by Gasteiger charge is 2.16. The summed E-state index contributed by atoms with van der Waals surface area (Å²) in [4.78, 5) is 25.5. The highest BCUT2D eigenvalue weighted by atomic mass is 79.9. The summed E-state index contributed by atoms with van der Waals surface area (Å²) in [6.45, 7) is 2.32. The monoisotopic (exact) mass is 413 g/mol. The van der Waals surface area contributed by atoms with E-state index in [4.69, 9.17) is 0 Å². The van der Waals surface area contributed by atoms with Crippen molar-refractivity contribution in [3.8, 4) is 0 Å². The van der Waals surface area contributed by atoms with Crippen LogP contribution in [0, 0.1) is 0 Å². The highest BCUT2D eigenvalue weighted by Crippen LogP contribution is 2.16. The summed E-state index contributed by atoms with van der Waals surface area (Å²) < 4.78 is 0.978. The zero-order chi connectivity index (χ0) is 18.4. The molecule has 3 rings (SSSR count). The molecule has 6 heteroatoms. The standard InChI is InChI=1S/C20H20BrN3O2/c21-17-3-1-2-15(12-17)6-9-19(25)23-13-16-4-7-18(8-5-16)24-11-10-22-20(26)14-24/h1-9,12H,10-11,13-14H2,(H,22,26)(H,23,25)/b9-6+. The summed E-state index contributed by atoms with van der Waals surface area (Å²) in [5, 5.41) is 5.69. The summed E-state index contributed by atoms with van der Waals surface area (Å²) >= 11 is 3.41. The summed E-state index contributed by atoms with van der Waals surface area (Å²) in [6.07, 6.45) is 3.31. The zero-order valence-electron chi connectivity index (χ0n) is 14.2. The summed E-state index contributed by atoms with van der Waals surface area (Å²) in [7, 11) is 0. The Morgan fingerprint density at radius 1 is 1.23 bits per heavy atom. The van der Waals surface area contributed by atoms with Crippen LogP contribution in [0.4, 0.5) is 5.69 Å². The van der Waals surface area contributed by atoms with E-state index in [0.29, 0.717) is 19.6 Å². The molecule has 1 aliphatic heterocycles. The lowest BCUT2D eigenvalue weighted by Crippen LogP contribution is -2.47. The molecule has 1 saturated heterocycles. The van der Waals surface area contributed by atoms with Crippen LogP contribution >= 0.6 is 15.9 Å². The fourth-order valence-electron chi connectivity index (χ4n) is 2.71. The minimum atomic E-state index is -0.137. The SMILES string of the molecule is O=C(/C=C/c1cccc(Br)c1)NCc1ccc(N2CCNC(=O)C2)cc1. The largest absolute Gasteiger partial charge is 0.360 e. The Hall–Kier alpha value is -2.60. The average molecular weight is 414 g/mol. The normalized spacial score (nSPS) is 14.3. The predicted molar refractivity (Wildman–Crippen MR) is 107 cm³/mol. The third-order valence-corrected chi connectivity index (χ3v) is 4.58. The predicted octanol–water partition coefficient (Wildman–Crippen LogP) is 2.71. The molecule has 5 nitrogen and oxygen atoms in total. The molecular formula is C20H20BrN3O2. The number of amides is 2. The van der Waals surface area contributed by atoms with E-state index in [0.717, 1.165) is 27.8 Å². The molecule has 1 aliphatic rings. The fourth-order valence-corrected chi connectivity index (χ4v) is 3.13. The number of benzene rings is 2. The molecule has 134 valence electrons. The molecule has 0 atom stereocenters. The van der Waals surface area contributed by atoms with Gasteiger partial charge in [0.05, 0.1) is 6.54 Å². The maximum Gasteiger partial charge on any atom is 0.244 e. The zero-order valence-corrected chi connectivity index (χ0v) is 15.8. The third kappa shape index (κ3) is 5.20. The number of nitrogens with one attached hydrogen (secondary N) is 2. The number of anilines is 1. The fraction of sp³-hybridized carbons (Fsp3) is 0.200. The van der Waals surface area contributed by atoms with Crippen molar-refractivity contribution in [1.82, 2.24) is 10.6 Å². The lowest BCUT2D eigenvalue weighted by Gasteiger charge is -2.28. The maximum absolute atomic E-state index is 12.0. The molecule has 1 heterocycles. The number of halogens is 1. The summed E-state index contributed by atoms with van der Waals surface area (Å²) in [5.41, 5.74) is 2.99. The van der Waals surface area contributed by atoms with Crippen LogP contribution in [0.1, 0.15) is 11.1 Å². The van der Waals surface area contributed by atoms with E-state index in [1.165, 1.54) is 6.08 Å². The van der Waals surface area contributed by atoms with Crippen LogP contribution in [0.15, 0.2) is 59.1 Å². The van der Waals surface area contributed by atoms with Crippen molar-refractivity contribution in [1.29, 1.82) is 0 Å². The van der Waals surface area contributed by atoms with Gasteiger partial charge >= 0.3 is 0 Å². The van der Waals surface area contributed by atoms with Crippen molar-refractivity contribution in [2.24, 2.45) is 0 Å². The number of carbonyl (C=O) groups is 2. The number of hydrogen-bond acceptors (Lipinski definition) is 3. The number of nitrogens with zero attached hydrogens (tertiary/aromatic N) is 1. The average Bonchev–Trinajstić information content (AvgIpc) is 2.65. The lowest BCUT2D eigenvalue weighted by molar-refractivity contribution is -0.120. The second-order valence-corrected chi connectivity index (χ2v) is 6.96. The van der Waals surface area contributed by atoms with Gasteiger partial charge in [0, 0.05) is 35.9 Å². The van der Waals surface area contributed by atoms with E-state index >= 15 is 0 Å². The minimum absolute atomic E-state index is 0.0461. The van der Waals surface area contributed by atoms with Crippen LogP contribution in [-0.4, -0.2) is 31.4 Å². The molecule has 0 radical (unpaired) electrons. The van der Waals surface area contributed by atoms with E-state index in [-0.39, 0.29) is 11.8 Å². The van der Waals surface area contributed by atoms with Crippen molar-refractivity contribution in [2.45, 2.75) is 6.54 Å². The Morgan fingerprint density at radius 3 is 2.77 bits per heavy atom. The third-order valence-electron chi connectivity index (χ3n) is 4.08. The van der Waals surface area contributed by atoms with Crippen molar-refractivity contribution in [2.75, 3.05) is 24.5 Å². The van der Waals surface area contributed by atoms with Crippen molar-refractivity contribution < 1.29 is 9.59 Å². The van der Waals surface area contributed by atoms with E-state index < -0.39 is 0 Å². The van der Waals surface area contributed by atoms with Crippen LogP contribution in [0.5, 0.6) is 0 Å². The quantitative estimate of drug-likeness (QED) is 0.740. The van der Waals surface area contributed by atoms with Crippen molar-refractivity contribution in [3.63, 3.8) is 0 Å². The Kier molecular flexibility index (Phi) is 6.07.